The first-order chi connectivity index (χ1) is 9.75. The summed E-state index contributed by atoms with van der Waals surface area (Å²) in [5.41, 5.74) is 7.05. The molecule has 4 nitrogen and oxygen atoms in total. The Hall–Kier alpha value is -1.39. The van der Waals surface area contributed by atoms with Gasteiger partial charge in [-0.05, 0) is 37.9 Å². The van der Waals surface area contributed by atoms with Crippen molar-refractivity contribution in [1.82, 2.24) is 10.2 Å². The normalized spacial score (nSPS) is 17.6. The van der Waals surface area contributed by atoms with E-state index < -0.39 is 6.04 Å². The summed E-state index contributed by atoms with van der Waals surface area (Å²) in [4.78, 5) is 14.3. The molecule has 1 aliphatic heterocycles. The van der Waals surface area contributed by atoms with Gasteiger partial charge in [-0.25, -0.2) is 0 Å². The van der Waals surface area contributed by atoms with E-state index in [-0.39, 0.29) is 5.91 Å². The number of nitrogens with zero attached hydrogens (tertiary/aromatic N) is 1. The standard InChI is InChI=1S/C16H25N3O/c17-15(13-14-7-3-1-4-8-14)16(20)18-9-12-19-10-5-2-6-11-19/h1,3-4,7-8,15H,2,5-6,9-13,17H2,(H,18,20)/t15-/m1/s1. The van der Waals surface area contributed by atoms with Crippen LogP contribution in [0.15, 0.2) is 30.3 Å². The Labute approximate surface area is 121 Å². The van der Waals surface area contributed by atoms with E-state index in [9.17, 15) is 4.79 Å². The highest BCUT2D eigenvalue weighted by atomic mass is 16.2. The Morgan fingerprint density at radius 1 is 1.20 bits per heavy atom. The van der Waals surface area contributed by atoms with E-state index in [2.05, 4.69) is 10.2 Å². The van der Waals surface area contributed by atoms with Gasteiger partial charge in [0.2, 0.25) is 5.91 Å². The number of benzene rings is 1. The molecule has 0 aromatic heterocycles. The molecule has 0 radical (unpaired) electrons. The zero-order valence-electron chi connectivity index (χ0n) is 12.1. The van der Waals surface area contributed by atoms with E-state index in [0.29, 0.717) is 13.0 Å². The van der Waals surface area contributed by atoms with Crippen LogP contribution in [-0.4, -0.2) is 43.0 Å². The maximum atomic E-state index is 11.9. The molecule has 1 heterocycles. The van der Waals surface area contributed by atoms with Crippen LogP contribution in [0.1, 0.15) is 24.8 Å². The predicted octanol–water partition coefficient (Wildman–Crippen LogP) is 1.16. The Morgan fingerprint density at radius 3 is 2.60 bits per heavy atom. The number of nitrogens with two attached hydrogens (primary N) is 1. The molecule has 4 heteroatoms. The quantitative estimate of drug-likeness (QED) is 0.819. The molecule has 1 fully saturated rings. The van der Waals surface area contributed by atoms with Gasteiger partial charge >= 0.3 is 0 Å². The second kappa shape index (κ2) is 8.02. The Bertz CT molecular complexity index is 401. The van der Waals surface area contributed by atoms with Crippen molar-refractivity contribution in [1.29, 1.82) is 0 Å². The zero-order chi connectivity index (χ0) is 14.2. The number of carbonyl (C=O) groups is 1. The Morgan fingerprint density at radius 2 is 1.90 bits per heavy atom. The van der Waals surface area contributed by atoms with Crippen molar-refractivity contribution < 1.29 is 4.79 Å². The molecule has 0 saturated carbocycles. The summed E-state index contributed by atoms with van der Waals surface area (Å²) in [7, 11) is 0. The maximum Gasteiger partial charge on any atom is 0.237 e. The summed E-state index contributed by atoms with van der Waals surface area (Å²) in [5, 5.41) is 2.94. The van der Waals surface area contributed by atoms with Gasteiger partial charge in [-0.1, -0.05) is 36.8 Å². The zero-order valence-corrected chi connectivity index (χ0v) is 12.1. The van der Waals surface area contributed by atoms with Crippen molar-refractivity contribution in [2.24, 2.45) is 5.73 Å². The van der Waals surface area contributed by atoms with Crippen molar-refractivity contribution in [3.63, 3.8) is 0 Å². The van der Waals surface area contributed by atoms with Crippen molar-refractivity contribution in [2.75, 3.05) is 26.2 Å². The number of carbonyl (C=O) groups excluding carboxylic acids is 1. The lowest BCUT2D eigenvalue weighted by Gasteiger charge is -2.26. The molecule has 110 valence electrons. The topological polar surface area (TPSA) is 58.4 Å². The molecular weight excluding hydrogens is 250 g/mol. The number of hydrogen-bond acceptors (Lipinski definition) is 3. The van der Waals surface area contributed by atoms with Crippen LogP contribution in [0.3, 0.4) is 0 Å². The van der Waals surface area contributed by atoms with Crippen molar-refractivity contribution in [3.8, 4) is 0 Å². The van der Waals surface area contributed by atoms with Crippen LogP contribution in [0.4, 0.5) is 0 Å². The fourth-order valence-corrected chi connectivity index (χ4v) is 2.61. The minimum absolute atomic E-state index is 0.0501. The molecule has 0 aliphatic carbocycles. The number of hydrogen-bond donors (Lipinski definition) is 2. The van der Waals surface area contributed by atoms with E-state index in [1.807, 2.05) is 30.3 Å². The number of piperidine rings is 1. The Balaban J connectivity index is 1.66. The molecule has 0 bridgehead atoms. The molecule has 0 unspecified atom stereocenters. The lowest BCUT2D eigenvalue weighted by molar-refractivity contribution is -0.122. The molecule has 1 aliphatic rings. The molecule has 3 N–H and O–H groups in total. The van der Waals surface area contributed by atoms with Gasteiger partial charge in [0.15, 0.2) is 0 Å². The van der Waals surface area contributed by atoms with Crippen molar-refractivity contribution in [2.45, 2.75) is 31.7 Å². The summed E-state index contributed by atoms with van der Waals surface area (Å²) in [6.45, 7) is 3.95. The predicted molar refractivity (Wildman–Crippen MR) is 81.4 cm³/mol. The minimum atomic E-state index is -0.459. The summed E-state index contributed by atoms with van der Waals surface area (Å²) in [6, 6.07) is 9.45. The largest absolute Gasteiger partial charge is 0.353 e. The Kier molecular flexibility index (Phi) is 6.02. The maximum absolute atomic E-state index is 11.9. The summed E-state index contributed by atoms with van der Waals surface area (Å²) < 4.78 is 0. The van der Waals surface area contributed by atoms with Crippen LogP contribution in [0.25, 0.3) is 0 Å². The summed E-state index contributed by atoms with van der Waals surface area (Å²) in [5.74, 6) is -0.0501. The van der Waals surface area contributed by atoms with E-state index >= 15 is 0 Å². The smallest absolute Gasteiger partial charge is 0.237 e. The number of likely N-dealkylation sites (tertiary alicyclic amines) is 1. The molecule has 1 saturated heterocycles. The van der Waals surface area contributed by atoms with Gasteiger partial charge in [0.1, 0.15) is 0 Å². The molecule has 0 spiro atoms. The first kappa shape index (κ1) is 15.0. The third-order valence-corrected chi connectivity index (χ3v) is 3.81. The first-order valence-electron chi connectivity index (χ1n) is 7.55. The highest BCUT2D eigenvalue weighted by Gasteiger charge is 2.14. The van der Waals surface area contributed by atoms with Gasteiger partial charge < -0.3 is 16.0 Å². The van der Waals surface area contributed by atoms with Crippen LogP contribution in [0, 0.1) is 0 Å². The molecule has 20 heavy (non-hydrogen) atoms. The van der Waals surface area contributed by atoms with Crippen LogP contribution >= 0.6 is 0 Å². The molecule has 2 rings (SSSR count). The monoisotopic (exact) mass is 275 g/mol. The summed E-state index contributed by atoms with van der Waals surface area (Å²) in [6.07, 6.45) is 4.49. The third-order valence-electron chi connectivity index (χ3n) is 3.81. The second-order valence-electron chi connectivity index (χ2n) is 5.49. The molecular formula is C16H25N3O. The SMILES string of the molecule is N[C@H](Cc1ccccc1)C(=O)NCCN1CCCCC1. The van der Waals surface area contributed by atoms with Gasteiger partial charge in [0.25, 0.3) is 0 Å². The highest BCUT2D eigenvalue weighted by molar-refractivity contribution is 5.81. The van der Waals surface area contributed by atoms with E-state index in [4.69, 9.17) is 5.73 Å². The van der Waals surface area contributed by atoms with E-state index in [0.717, 1.165) is 25.2 Å². The van der Waals surface area contributed by atoms with Gasteiger partial charge in [-0.3, -0.25) is 4.79 Å². The average molecular weight is 275 g/mol. The number of amides is 1. The molecule has 1 aromatic rings. The lowest BCUT2D eigenvalue weighted by atomic mass is 10.1. The van der Waals surface area contributed by atoms with Crippen LogP contribution < -0.4 is 11.1 Å². The van der Waals surface area contributed by atoms with Gasteiger partial charge in [0.05, 0.1) is 6.04 Å². The average Bonchev–Trinajstić information content (AvgIpc) is 2.49. The molecule has 1 aromatic carbocycles. The van der Waals surface area contributed by atoms with Crippen LogP contribution in [0.5, 0.6) is 0 Å². The fraction of sp³-hybridized carbons (Fsp3) is 0.562. The third kappa shape index (κ3) is 4.94. The number of rotatable bonds is 6. The van der Waals surface area contributed by atoms with Gasteiger partial charge in [-0.15, -0.1) is 0 Å². The second-order valence-corrected chi connectivity index (χ2v) is 5.49. The molecule has 1 atom stereocenters. The summed E-state index contributed by atoms with van der Waals surface area (Å²) >= 11 is 0. The van der Waals surface area contributed by atoms with Gasteiger partial charge in [0, 0.05) is 13.1 Å². The van der Waals surface area contributed by atoms with Gasteiger partial charge in [-0.2, -0.15) is 0 Å². The fourth-order valence-electron chi connectivity index (χ4n) is 2.61. The van der Waals surface area contributed by atoms with Crippen LogP contribution in [-0.2, 0) is 11.2 Å². The van der Waals surface area contributed by atoms with E-state index in [1.54, 1.807) is 0 Å². The van der Waals surface area contributed by atoms with Crippen molar-refractivity contribution >= 4 is 5.91 Å². The van der Waals surface area contributed by atoms with E-state index in [1.165, 1.54) is 19.3 Å². The number of nitrogens with one attached hydrogen (secondary N) is 1. The lowest BCUT2D eigenvalue weighted by Crippen LogP contribution is -2.45. The van der Waals surface area contributed by atoms with Crippen LogP contribution in [0.2, 0.25) is 0 Å². The molecule has 1 amide bonds. The minimum Gasteiger partial charge on any atom is -0.353 e. The highest BCUT2D eigenvalue weighted by Crippen LogP contribution is 2.07. The van der Waals surface area contributed by atoms with Crippen molar-refractivity contribution in [3.05, 3.63) is 35.9 Å². The first-order valence-corrected chi connectivity index (χ1v) is 7.55.